The lowest BCUT2D eigenvalue weighted by molar-refractivity contribution is 0.144. The Hall–Kier alpha value is -1.81. The summed E-state index contributed by atoms with van der Waals surface area (Å²) in [5.41, 5.74) is 0.695. The Balaban J connectivity index is 2.56. The van der Waals surface area contributed by atoms with Crippen molar-refractivity contribution in [3.05, 3.63) is 35.5 Å². The Labute approximate surface area is 90.1 Å². The molecule has 0 amide bonds. The van der Waals surface area contributed by atoms with Crippen LogP contribution in [0.25, 0.3) is 10.9 Å². The molecule has 1 N–H and O–H groups in total. The molecular weight excluding hydrogens is 218 g/mol. The number of rotatable bonds is 1. The van der Waals surface area contributed by atoms with Crippen molar-refractivity contribution in [2.45, 2.75) is 0 Å². The first-order chi connectivity index (χ1) is 7.16. The normalized spacial score (nSPS) is 10.2. The fraction of sp³-hybridized carbons (Fsp3) is 0. The van der Waals surface area contributed by atoms with Crippen molar-refractivity contribution in [3.63, 3.8) is 0 Å². The third-order valence-electron chi connectivity index (χ3n) is 1.84. The largest absolute Gasteiger partial charge is 0.511 e. The molecule has 5 heteroatoms. The number of hydrogen-bond acceptors (Lipinski definition) is 3. The number of benzene rings is 1. The molecule has 0 radical (unpaired) electrons. The topological polar surface area (TPSA) is 59.4 Å². The van der Waals surface area contributed by atoms with Gasteiger partial charge >= 0.3 is 6.16 Å². The minimum absolute atomic E-state index is 0.0381. The first kappa shape index (κ1) is 9.73. The molecule has 76 valence electrons. The second kappa shape index (κ2) is 3.74. The van der Waals surface area contributed by atoms with Crippen molar-refractivity contribution >= 4 is 28.7 Å². The highest BCUT2D eigenvalue weighted by Gasteiger charge is 2.08. The van der Waals surface area contributed by atoms with E-state index in [1.54, 1.807) is 18.2 Å². The Bertz CT molecular complexity index is 527. The van der Waals surface area contributed by atoms with Crippen LogP contribution in [0.2, 0.25) is 5.15 Å². The molecule has 1 aromatic carbocycles. The molecule has 0 saturated carbocycles. The molecular formula is C10H6ClNO3. The number of nitrogens with zero attached hydrogens (tertiary/aromatic N) is 1. The van der Waals surface area contributed by atoms with Gasteiger partial charge in [0.05, 0.1) is 5.52 Å². The van der Waals surface area contributed by atoms with Gasteiger partial charge < -0.3 is 9.84 Å². The number of aromatic nitrogens is 1. The average Bonchev–Trinajstić information content (AvgIpc) is 2.18. The van der Waals surface area contributed by atoms with E-state index in [4.69, 9.17) is 16.7 Å². The van der Waals surface area contributed by atoms with Crippen LogP contribution >= 0.6 is 11.6 Å². The van der Waals surface area contributed by atoms with Gasteiger partial charge in [-0.15, -0.1) is 0 Å². The molecule has 0 spiro atoms. The summed E-state index contributed by atoms with van der Waals surface area (Å²) < 4.78 is 4.48. The fourth-order valence-corrected chi connectivity index (χ4v) is 1.42. The van der Waals surface area contributed by atoms with E-state index in [-0.39, 0.29) is 10.9 Å². The molecule has 2 aromatic rings. The molecule has 0 fully saturated rings. The van der Waals surface area contributed by atoms with Crippen molar-refractivity contribution in [2.24, 2.45) is 0 Å². The molecule has 0 aliphatic rings. The summed E-state index contributed by atoms with van der Waals surface area (Å²) in [7, 11) is 0. The summed E-state index contributed by atoms with van der Waals surface area (Å²) in [4.78, 5) is 14.4. The number of fused-ring (bicyclic) bond motifs is 1. The second-order valence-electron chi connectivity index (χ2n) is 2.84. The van der Waals surface area contributed by atoms with Gasteiger partial charge in [0, 0.05) is 5.39 Å². The van der Waals surface area contributed by atoms with Gasteiger partial charge in [-0.1, -0.05) is 29.8 Å². The van der Waals surface area contributed by atoms with E-state index in [0.717, 1.165) is 5.39 Å². The lowest BCUT2D eigenvalue weighted by atomic mass is 10.2. The van der Waals surface area contributed by atoms with Crippen LogP contribution in [0.5, 0.6) is 5.75 Å². The zero-order valence-corrected chi connectivity index (χ0v) is 8.23. The maximum absolute atomic E-state index is 10.3. The lowest BCUT2D eigenvalue weighted by Crippen LogP contribution is -2.03. The van der Waals surface area contributed by atoms with Gasteiger partial charge in [0.15, 0.2) is 10.9 Å². The van der Waals surface area contributed by atoms with E-state index >= 15 is 0 Å². The van der Waals surface area contributed by atoms with Crippen LogP contribution in [0.1, 0.15) is 0 Å². The lowest BCUT2D eigenvalue weighted by Gasteiger charge is -2.03. The van der Waals surface area contributed by atoms with Crippen LogP contribution in [0.3, 0.4) is 0 Å². The quantitative estimate of drug-likeness (QED) is 0.597. The number of carboxylic acid groups (broad SMARTS) is 1. The molecule has 2 rings (SSSR count). The van der Waals surface area contributed by atoms with Crippen molar-refractivity contribution in [1.82, 2.24) is 4.98 Å². The smallest absolute Gasteiger partial charge is 0.449 e. The first-order valence-corrected chi connectivity index (χ1v) is 4.50. The van der Waals surface area contributed by atoms with Gasteiger partial charge in [-0.2, -0.15) is 0 Å². The zero-order chi connectivity index (χ0) is 10.8. The van der Waals surface area contributed by atoms with Gasteiger partial charge in [-0.3, -0.25) is 0 Å². The molecule has 1 heterocycles. The molecule has 0 aliphatic heterocycles. The number of pyridine rings is 1. The molecule has 0 aliphatic carbocycles. The summed E-state index contributed by atoms with van der Waals surface area (Å²) in [5, 5.41) is 9.27. The fourth-order valence-electron chi connectivity index (χ4n) is 1.24. The van der Waals surface area contributed by atoms with Crippen LogP contribution in [0.4, 0.5) is 4.79 Å². The molecule has 0 bridgehead atoms. The minimum Gasteiger partial charge on any atom is -0.449 e. The summed E-state index contributed by atoms with van der Waals surface area (Å²) in [6.45, 7) is 0. The standard InChI is InChI=1S/C10H6ClNO3/c11-9-8(15-10(13)14)5-6-3-1-2-4-7(6)12-9/h1-5H,(H,13,14). The maximum Gasteiger partial charge on any atom is 0.511 e. The Kier molecular flexibility index (Phi) is 2.43. The molecule has 0 saturated heterocycles. The number of hydrogen-bond donors (Lipinski definition) is 1. The third kappa shape index (κ3) is 1.99. The predicted molar refractivity (Wildman–Crippen MR) is 55.4 cm³/mol. The third-order valence-corrected chi connectivity index (χ3v) is 2.11. The number of ether oxygens (including phenoxy) is 1. The van der Waals surface area contributed by atoms with E-state index in [2.05, 4.69) is 9.72 Å². The van der Waals surface area contributed by atoms with Crippen LogP contribution < -0.4 is 4.74 Å². The van der Waals surface area contributed by atoms with Crippen molar-refractivity contribution in [1.29, 1.82) is 0 Å². The summed E-state index contributed by atoms with van der Waals surface area (Å²) in [5.74, 6) is 0.0443. The monoisotopic (exact) mass is 223 g/mol. The van der Waals surface area contributed by atoms with Gasteiger partial charge in [0.25, 0.3) is 0 Å². The number of para-hydroxylation sites is 1. The molecule has 0 unspecified atom stereocenters. The minimum atomic E-state index is -1.41. The first-order valence-electron chi connectivity index (χ1n) is 4.13. The van der Waals surface area contributed by atoms with Gasteiger partial charge in [0.1, 0.15) is 0 Å². The molecule has 15 heavy (non-hydrogen) atoms. The Morgan fingerprint density at radius 3 is 2.87 bits per heavy atom. The van der Waals surface area contributed by atoms with Crippen molar-refractivity contribution in [2.75, 3.05) is 0 Å². The molecule has 1 aromatic heterocycles. The molecule has 0 atom stereocenters. The van der Waals surface area contributed by atoms with Crippen molar-refractivity contribution in [3.8, 4) is 5.75 Å². The zero-order valence-electron chi connectivity index (χ0n) is 7.48. The van der Waals surface area contributed by atoms with Crippen LogP contribution in [-0.4, -0.2) is 16.2 Å². The van der Waals surface area contributed by atoms with E-state index in [1.165, 1.54) is 0 Å². The predicted octanol–water partition coefficient (Wildman–Crippen LogP) is 2.95. The summed E-state index contributed by atoms with van der Waals surface area (Å²) in [6, 6.07) is 8.77. The maximum atomic E-state index is 10.3. The highest BCUT2D eigenvalue weighted by atomic mass is 35.5. The van der Waals surface area contributed by atoms with E-state index < -0.39 is 6.16 Å². The highest BCUT2D eigenvalue weighted by molar-refractivity contribution is 6.31. The van der Waals surface area contributed by atoms with Gasteiger partial charge in [-0.05, 0) is 12.1 Å². The number of halogens is 1. The summed E-state index contributed by atoms with van der Waals surface area (Å²) >= 11 is 5.75. The Morgan fingerprint density at radius 2 is 2.13 bits per heavy atom. The second-order valence-corrected chi connectivity index (χ2v) is 3.20. The highest BCUT2D eigenvalue weighted by Crippen LogP contribution is 2.26. The van der Waals surface area contributed by atoms with Gasteiger partial charge in [0.2, 0.25) is 0 Å². The van der Waals surface area contributed by atoms with Crippen LogP contribution in [0, 0.1) is 0 Å². The SMILES string of the molecule is O=C(O)Oc1cc2ccccc2nc1Cl. The van der Waals surface area contributed by atoms with E-state index in [1.807, 2.05) is 12.1 Å². The number of carbonyl (C=O) groups is 1. The van der Waals surface area contributed by atoms with Crippen LogP contribution in [0.15, 0.2) is 30.3 Å². The van der Waals surface area contributed by atoms with Crippen LogP contribution in [-0.2, 0) is 0 Å². The summed E-state index contributed by atoms with van der Waals surface area (Å²) in [6.07, 6.45) is -1.41. The van der Waals surface area contributed by atoms with E-state index in [9.17, 15) is 4.79 Å². The van der Waals surface area contributed by atoms with Crippen molar-refractivity contribution < 1.29 is 14.6 Å². The molecule has 4 nitrogen and oxygen atoms in total. The Morgan fingerprint density at radius 1 is 1.40 bits per heavy atom. The van der Waals surface area contributed by atoms with Gasteiger partial charge in [-0.25, -0.2) is 9.78 Å². The van der Waals surface area contributed by atoms with E-state index in [0.29, 0.717) is 5.52 Å². The average molecular weight is 224 g/mol.